The Morgan fingerprint density at radius 1 is 1.10 bits per heavy atom. The molecule has 160 valence electrons. The summed E-state index contributed by atoms with van der Waals surface area (Å²) in [6.45, 7) is 12.0. The van der Waals surface area contributed by atoms with Gasteiger partial charge in [-0.3, -0.25) is 0 Å². The number of nitrogens with one attached hydrogen (secondary N) is 1. The Bertz CT molecular complexity index is 856. The van der Waals surface area contributed by atoms with E-state index in [4.69, 9.17) is 9.84 Å². The van der Waals surface area contributed by atoms with Crippen LogP contribution >= 0.6 is 0 Å². The Hall–Kier alpha value is -2.38. The molecule has 0 atom stereocenters. The molecular formula is C21H34N6O2. The summed E-state index contributed by atoms with van der Waals surface area (Å²) in [5.74, 6) is 1.76. The summed E-state index contributed by atoms with van der Waals surface area (Å²) in [5, 5.41) is 16.4. The highest BCUT2D eigenvalue weighted by Crippen LogP contribution is 2.27. The largest absolute Gasteiger partial charge is 0.444 e. The maximum atomic E-state index is 12.0. The van der Waals surface area contributed by atoms with Gasteiger partial charge in [0.1, 0.15) is 11.4 Å². The van der Waals surface area contributed by atoms with Crippen LogP contribution in [0.25, 0.3) is 5.65 Å². The fraction of sp³-hybridized carbons (Fsp3) is 0.714. The van der Waals surface area contributed by atoms with E-state index >= 15 is 0 Å². The third-order valence-corrected chi connectivity index (χ3v) is 5.25. The third-order valence-electron chi connectivity index (χ3n) is 5.25. The van der Waals surface area contributed by atoms with Crippen molar-refractivity contribution in [1.29, 1.82) is 0 Å². The first kappa shape index (κ1) is 21.3. The molecule has 0 unspecified atom stereocenters. The van der Waals surface area contributed by atoms with Crippen LogP contribution in [0.5, 0.6) is 0 Å². The van der Waals surface area contributed by atoms with Crippen LogP contribution in [-0.4, -0.2) is 50.6 Å². The molecule has 1 N–H and O–H groups in total. The molecule has 2 heterocycles. The lowest BCUT2D eigenvalue weighted by Gasteiger charge is -2.35. The van der Waals surface area contributed by atoms with Gasteiger partial charge in [0.05, 0.1) is 0 Å². The number of aromatic nitrogens is 4. The lowest BCUT2D eigenvalue weighted by molar-refractivity contribution is 0.0491. The van der Waals surface area contributed by atoms with Crippen LogP contribution in [-0.2, 0) is 10.2 Å². The Balaban J connectivity index is 1.63. The Morgan fingerprint density at radius 2 is 1.76 bits per heavy atom. The predicted octanol–water partition coefficient (Wildman–Crippen LogP) is 3.69. The summed E-state index contributed by atoms with van der Waals surface area (Å²) in [6, 6.07) is 4.51. The summed E-state index contributed by atoms with van der Waals surface area (Å²) < 4.78 is 7.22. The molecule has 1 amide bonds. The van der Waals surface area contributed by atoms with E-state index in [1.165, 1.54) is 0 Å². The molecule has 0 aromatic carbocycles. The molecule has 8 heteroatoms. The van der Waals surface area contributed by atoms with Crippen LogP contribution in [0, 0.1) is 0 Å². The second-order valence-corrected chi connectivity index (χ2v) is 10.00. The van der Waals surface area contributed by atoms with Gasteiger partial charge >= 0.3 is 6.09 Å². The molecule has 29 heavy (non-hydrogen) atoms. The monoisotopic (exact) mass is 402 g/mol. The van der Waals surface area contributed by atoms with E-state index in [1.807, 2.05) is 37.4 Å². The minimum atomic E-state index is -0.472. The Labute approximate surface area is 173 Å². The summed E-state index contributed by atoms with van der Waals surface area (Å²) in [7, 11) is 2.08. The number of carbonyl (C=O) groups is 1. The van der Waals surface area contributed by atoms with E-state index in [9.17, 15) is 4.79 Å². The van der Waals surface area contributed by atoms with Gasteiger partial charge in [-0.15, -0.1) is 15.3 Å². The van der Waals surface area contributed by atoms with Crippen molar-refractivity contribution in [3.05, 3.63) is 18.0 Å². The predicted molar refractivity (Wildman–Crippen MR) is 113 cm³/mol. The standard InChI is InChI=1S/C21H34N6O2/c1-20(2,3)18-24-23-16-12-13-17(25-27(16)18)26(7)15-10-8-14(9-11-15)22-19(28)29-21(4,5)6/h12-15H,8-11H2,1-7H3,(H,22,28). The zero-order valence-corrected chi connectivity index (χ0v) is 18.7. The van der Waals surface area contributed by atoms with Crippen molar-refractivity contribution in [2.24, 2.45) is 0 Å². The smallest absolute Gasteiger partial charge is 0.407 e. The zero-order valence-electron chi connectivity index (χ0n) is 18.7. The molecule has 8 nitrogen and oxygen atoms in total. The molecule has 0 spiro atoms. The van der Waals surface area contributed by atoms with E-state index in [1.54, 1.807) is 0 Å². The van der Waals surface area contributed by atoms with E-state index in [0.717, 1.165) is 43.0 Å². The van der Waals surface area contributed by atoms with Crippen LogP contribution < -0.4 is 10.2 Å². The number of amides is 1. The van der Waals surface area contributed by atoms with E-state index in [2.05, 4.69) is 48.2 Å². The molecule has 0 aliphatic heterocycles. The molecule has 2 aromatic heterocycles. The molecule has 1 saturated carbocycles. The van der Waals surface area contributed by atoms with Gasteiger partial charge in [-0.1, -0.05) is 20.8 Å². The first-order valence-corrected chi connectivity index (χ1v) is 10.4. The van der Waals surface area contributed by atoms with Gasteiger partial charge in [0.2, 0.25) is 0 Å². The molecule has 1 fully saturated rings. The summed E-state index contributed by atoms with van der Waals surface area (Å²) in [6.07, 6.45) is 3.51. The molecule has 1 aliphatic rings. The fourth-order valence-corrected chi connectivity index (χ4v) is 3.70. The zero-order chi connectivity index (χ0) is 21.4. The summed E-state index contributed by atoms with van der Waals surface area (Å²) in [5.41, 5.74) is 0.159. The summed E-state index contributed by atoms with van der Waals surface area (Å²) in [4.78, 5) is 14.2. The number of alkyl carbamates (subject to hydrolysis) is 1. The van der Waals surface area contributed by atoms with Gasteiger partial charge in [-0.2, -0.15) is 4.52 Å². The maximum Gasteiger partial charge on any atom is 0.407 e. The molecular weight excluding hydrogens is 368 g/mol. The highest BCUT2D eigenvalue weighted by molar-refractivity contribution is 5.68. The third kappa shape index (κ3) is 5.16. The molecule has 2 aromatic rings. The Kier molecular flexibility index (Phi) is 5.74. The summed E-state index contributed by atoms with van der Waals surface area (Å²) >= 11 is 0. The normalized spacial score (nSPS) is 20.5. The number of nitrogens with zero attached hydrogens (tertiary/aromatic N) is 5. The fourth-order valence-electron chi connectivity index (χ4n) is 3.70. The topological polar surface area (TPSA) is 84.7 Å². The van der Waals surface area contributed by atoms with Crippen molar-refractivity contribution in [3.63, 3.8) is 0 Å². The average Bonchev–Trinajstić information content (AvgIpc) is 3.03. The second-order valence-electron chi connectivity index (χ2n) is 10.00. The van der Waals surface area contributed by atoms with Crippen molar-refractivity contribution in [2.75, 3.05) is 11.9 Å². The highest BCUT2D eigenvalue weighted by atomic mass is 16.6. The minimum absolute atomic E-state index is 0.130. The second kappa shape index (κ2) is 7.80. The quantitative estimate of drug-likeness (QED) is 0.843. The lowest BCUT2D eigenvalue weighted by Crippen LogP contribution is -2.44. The molecule has 0 bridgehead atoms. The van der Waals surface area contributed by atoms with Crippen LogP contribution in [0.2, 0.25) is 0 Å². The highest BCUT2D eigenvalue weighted by Gasteiger charge is 2.28. The van der Waals surface area contributed by atoms with Gasteiger partial charge in [0.15, 0.2) is 11.5 Å². The van der Waals surface area contributed by atoms with Crippen molar-refractivity contribution in [3.8, 4) is 0 Å². The van der Waals surface area contributed by atoms with E-state index in [0.29, 0.717) is 6.04 Å². The van der Waals surface area contributed by atoms with Crippen LogP contribution in [0.4, 0.5) is 10.6 Å². The molecule has 1 aliphatic carbocycles. The molecule has 0 saturated heterocycles. The number of ether oxygens (including phenoxy) is 1. The lowest BCUT2D eigenvalue weighted by atomic mass is 9.90. The van der Waals surface area contributed by atoms with Crippen LogP contribution in [0.15, 0.2) is 12.1 Å². The molecule has 3 rings (SSSR count). The number of fused-ring (bicyclic) bond motifs is 1. The van der Waals surface area contributed by atoms with Gasteiger partial charge in [-0.05, 0) is 58.6 Å². The van der Waals surface area contributed by atoms with Crippen molar-refractivity contribution < 1.29 is 9.53 Å². The van der Waals surface area contributed by atoms with Crippen LogP contribution in [0.1, 0.15) is 73.1 Å². The van der Waals surface area contributed by atoms with Crippen molar-refractivity contribution >= 4 is 17.6 Å². The van der Waals surface area contributed by atoms with Gasteiger partial charge in [-0.25, -0.2) is 4.79 Å². The number of hydrogen-bond acceptors (Lipinski definition) is 6. The Morgan fingerprint density at radius 3 is 2.34 bits per heavy atom. The minimum Gasteiger partial charge on any atom is -0.444 e. The van der Waals surface area contributed by atoms with Gasteiger partial charge in [0.25, 0.3) is 0 Å². The SMILES string of the molecule is CN(c1ccc2nnc(C(C)(C)C)n2n1)C1CCC(NC(=O)OC(C)(C)C)CC1. The van der Waals surface area contributed by atoms with Gasteiger partial charge in [0, 0.05) is 24.5 Å². The van der Waals surface area contributed by atoms with Crippen LogP contribution in [0.3, 0.4) is 0 Å². The van der Waals surface area contributed by atoms with Crippen molar-refractivity contribution in [2.45, 2.75) is 90.3 Å². The number of rotatable bonds is 3. The van der Waals surface area contributed by atoms with E-state index in [-0.39, 0.29) is 17.6 Å². The van der Waals surface area contributed by atoms with Gasteiger partial charge < -0.3 is 15.0 Å². The first-order chi connectivity index (χ1) is 13.4. The maximum absolute atomic E-state index is 12.0. The van der Waals surface area contributed by atoms with Crippen molar-refractivity contribution in [1.82, 2.24) is 25.1 Å². The number of anilines is 1. The molecule has 0 radical (unpaired) electrons. The number of hydrogen-bond donors (Lipinski definition) is 1. The average molecular weight is 403 g/mol. The van der Waals surface area contributed by atoms with E-state index < -0.39 is 5.60 Å². The first-order valence-electron chi connectivity index (χ1n) is 10.4. The number of carbonyl (C=O) groups excluding carboxylic acids is 1.